The van der Waals surface area contributed by atoms with Crippen molar-refractivity contribution in [3.63, 3.8) is 0 Å². The number of nitrogens with one attached hydrogen (secondary N) is 1. The number of aryl methyl sites for hydroxylation is 1. The number of halogens is 1. The lowest BCUT2D eigenvalue weighted by atomic mass is 9.96. The van der Waals surface area contributed by atoms with Crippen LogP contribution in [0.2, 0.25) is 4.34 Å². The Hall–Kier alpha value is -1.44. The maximum absolute atomic E-state index is 12.9. The van der Waals surface area contributed by atoms with E-state index in [2.05, 4.69) is 11.4 Å². The van der Waals surface area contributed by atoms with Crippen LogP contribution in [0.3, 0.4) is 0 Å². The van der Waals surface area contributed by atoms with Crippen molar-refractivity contribution in [1.29, 1.82) is 5.26 Å². The van der Waals surface area contributed by atoms with Gasteiger partial charge < -0.3 is 5.32 Å². The van der Waals surface area contributed by atoms with Crippen LogP contribution in [0.4, 0.5) is 5.00 Å². The summed E-state index contributed by atoms with van der Waals surface area (Å²) in [6, 6.07) is 4.45. The first kappa shape index (κ1) is 19.9. The summed E-state index contributed by atoms with van der Waals surface area (Å²) in [6.07, 6.45) is 4.98. The van der Waals surface area contributed by atoms with Gasteiger partial charge >= 0.3 is 0 Å². The Morgan fingerprint density at radius 2 is 2.04 bits per heavy atom. The number of sulfonamides is 1. The number of thiophene rings is 2. The van der Waals surface area contributed by atoms with Crippen molar-refractivity contribution in [1.82, 2.24) is 4.31 Å². The summed E-state index contributed by atoms with van der Waals surface area (Å²) in [5.41, 5.74) is 1.57. The average Bonchev–Trinajstić information content (AvgIpc) is 3.39. The van der Waals surface area contributed by atoms with E-state index in [1.807, 2.05) is 0 Å². The van der Waals surface area contributed by atoms with Gasteiger partial charge in [0.1, 0.15) is 21.3 Å². The Bertz CT molecular complexity index is 1070. The molecule has 1 aliphatic heterocycles. The molecule has 10 heteroatoms. The fraction of sp³-hybridized carbons (Fsp3) is 0.444. The lowest BCUT2D eigenvalue weighted by Gasteiger charge is -2.22. The van der Waals surface area contributed by atoms with E-state index in [4.69, 9.17) is 11.6 Å². The number of carbonyl (C=O) groups is 1. The molecule has 0 spiro atoms. The minimum absolute atomic E-state index is 0.140. The number of nitrogens with zero attached hydrogens (tertiary/aromatic N) is 2. The van der Waals surface area contributed by atoms with E-state index < -0.39 is 16.1 Å². The summed E-state index contributed by atoms with van der Waals surface area (Å²) >= 11 is 8.32. The lowest BCUT2D eigenvalue weighted by Crippen LogP contribution is -2.42. The molecule has 0 radical (unpaired) electrons. The van der Waals surface area contributed by atoms with Crippen molar-refractivity contribution in [3.05, 3.63) is 32.5 Å². The summed E-state index contributed by atoms with van der Waals surface area (Å²) in [5, 5.41) is 13.0. The molecule has 6 nitrogen and oxygen atoms in total. The van der Waals surface area contributed by atoms with E-state index in [9.17, 15) is 18.5 Å². The fourth-order valence-corrected chi connectivity index (χ4v) is 8.32. The van der Waals surface area contributed by atoms with Crippen LogP contribution < -0.4 is 5.32 Å². The van der Waals surface area contributed by atoms with Crippen molar-refractivity contribution in [2.45, 2.75) is 48.8 Å². The van der Waals surface area contributed by atoms with Crippen LogP contribution in [-0.2, 0) is 27.7 Å². The Kier molecular flexibility index (Phi) is 5.51. The number of amides is 1. The highest BCUT2D eigenvalue weighted by atomic mass is 35.5. The molecule has 2 aliphatic rings. The highest BCUT2D eigenvalue weighted by Gasteiger charge is 2.40. The molecule has 28 heavy (non-hydrogen) atoms. The second-order valence-electron chi connectivity index (χ2n) is 6.85. The number of hydrogen-bond donors (Lipinski definition) is 1. The third kappa shape index (κ3) is 3.48. The van der Waals surface area contributed by atoms with Gasteiger partial charge in [-0.3, -0.25) is 4.79 Å². The average molecular weight is 456 g/mol. The first-order valence-corrected chi connectivity index (χ1v) is 12.5. The van der Waals surface area contributed by atoms with Crippen LogP contribution in [0.25, 0.3) is 0 Å². The molecule has 1 amide bonds. The molecule has 1 saturated heterocycles. The Morgan fingerprint density at radius 1 is 1.25 bits per heavy atom. The summed E-state index contributed by atoms with van der Waals surface area (Å²) in [4.78, 5) is 14.1. The van der Waals surface area contributed by atoms with Gasteiger partial charge in [0.2, 0.25) is 5.91 Å². The maximum atomic E-state index is 12.9. The molecule has 1 fully saturated rings. The smallest absolute Gasteiger partial charge is 0.253 e. The molecule has 0 saturated carbocycles. The van der Waals surface area contributed by atoms with E-state index in [0.717, 1.165) is 47.5 Å². The third-order valence-electron chi connectivity index (χ3n) is 5.14. The van der Waals surface area contributed by atoms with Gasteiger partial charge in [-0.15, -0.1) is 22.7 Å². The maximum Gasteiger partial charge on any atom is 0.253 e. The molecular weight excluding hydrogens is 438 g/mol. The van der Waals surface area contributed by atoms with E-state index in [1.54, 1.807) is 6.07 Å². The van der Waals surface area contributed by atoms with Crippen LogP contribution in [0, 0.1) is 11.3 Å². The zero-order chi connectivity index (χ0) is 19.9. The van der Waals surface area contributed by atoms with E-state index in [0.29, 0.717) is 34.3 Å². The number of rotatable bonds is 4. The van der Waals surface area contributed by atoms with E-state index in [1.165, 1.54) is 21.7 Å². The molecule has 1 atom stereocenters. The summed E-state index contributed by atoms with van der Waals surface area (Å²) < 4.78 is 27.7. The van der Waals surface area contributed by atoms with Crippen LogP contribution in [0.1, 0.15) is 41.7 Å². The number of hydrogen-bond acceptors (Lipinski definition) is 6. The molecule has 0 bridgehead atoms. The van der Waals surface area contributed by atoms with Crippen LogP contribution in [-0.4, -0.2) is 31.2 Å². The second-order valence-corrected chi connectivity index (χ2v) is 11.8. The third-order valence-corrected chi connectivity index (χ3v) is 9.95. The highest BCUT2D eigenvalue weighted by molar-refractivity contribution is 7.91. The summed E-state index contributed by atoms with van der Waals surface area (Å²) in [7, 11) is -3.78. The predicted molar refractivity (Wildman–Crippen MR) is 111 cm³/mol. The molecule has 0 aromatic carbocycles. The molecular formula is C18H18ClN3O3S3. The van der Waals surface area contributed by atoms with Gasteiger partial charge in [0.25, 0.3) is 10.0 Å². The van der Waals surface area contributed by atoms with Gasteiger partial charge in [-0.05, 0) is 56.2 Å². The van der Waals surface area contributed by atoms with E-state index in [-0.39, 0.29) is 10.1 Å². The minimum atomic E-state index is -3.78. The van der Waals surface area contributed by atoms with Crippen molar-refractivity contribution in [2.75, 3.05) is 11.9 Å². The largest absolute Gasteiger partial charge is 0.315 e. The van der Waals surface area contributed by atoms with Gasteiger partial charge in [-0.1, -0.05) is 11.6 Å². The lowest BCUT2D eigenvalue weighted by molar-refractivity contribution is -0.119. The molecule has 4 rings (SSSR count). The Balaban J connectivity index is 1.58. The van der Waals surface area contributed by atoms with Crippen molar-refractivity contribution < 1.29 is 13.2 Å². The highest BCUT2D eigenvalue weighted by Crippen LogP contribution is 2.38. The molecule has 2 aromatic heterocycles. The normalized spacial score (nSPS) is 19.9. The zero-order valence-corrected chi connectivity index (χ0v) is 18.1. The standard InChI is InChI=1S/C18H18ClN3O3S3/c19-15-7-8-16(27-15)28(24,25)22-9-3-5-13(22)17(23)21-18-12(10-20)11-4-1-2-6-14(11)26-18/h7-8,13H,1-6,9H2,(H,21,23)/t13-/m1/s1. The topological polar surface area (TPSA) is 90.3 Å². The number of nitriles is 1. The minimum Gasteiger partial charge on any atom is -0.315 e. The van der Waals surface area contributed by atoms with Gasteiger partial charge in [0.15, 0.2) is 0 Å². The molecule has 1 aliphatic carbocycles. The Morgan fingerprint density at radius 3 is 2.75 bits per heavy atom. The van der Waals surface area contributed by atoms with Crippen LogP contribution >= 0.6 is 34.3 Å². The second kappa shape index (κ2) is 7.76. The van der Waals surface area contributed by atoms with Gasteiger partial charge in [-0.25, -0.2) is 8.42 Å². The number of carbonyl (C=O) groups excluding carboxylic acids is 1. The predicted octanol–water partition coefficient (Wildman–Crippen LogP) is 4.01. The number of anilines is 1. The van der Waals surface area contributed by atoms with Crippen LogP contribution in [0.5, 0.6) is 0 Å². The molecule has 3 heterocycles. The summed E-state index contributed by atoms with van der Waals surface area (Å²) in [6.45, 7) is 0.294. The van der Waals surface area contributed by atoms with Crippen LogP contribution in [0.15, 0.2) is 16.3 Å². The summed E-state index contributed by atoms with van der Waals surface area (Å²) in [5.74, 6) is -0.376. The van der Waals surface area contributed by atoms with Gasteiger partial charge in [0.05, 0.1) is 9.90 Å². The molecule has 148 valence electrons. The van der Waals surface area contributed by atoms with Crippen molar-refractivity contribution in [2.24, 2.45) is 0 Å². The van der Waals surface area contributed by atoms with Gasteiger partial charge in [-0.2, -0.15) is 9.57 Å². The molecule has 1 N–H and O–H groups in total. The fourth-order valence-electron chi connectivity index (χ4n) is 3.81. The zero-order valence-electron chi connectivity index (χ0n) is 14.9. The first-order chi connectivity index (χ1) is 13.4. The van der Waals surface area contributed by atoms with Crippen molar-refractivity contribution >= 4 is 55.2 Å². The molecule has 0 unspecified atom stereocenters. The van der Waals surface area contributed by atoms with Crippen molar-refractivity contribution in [3.8, 4) is 6.07 Å². The quantitative estimate of drug-likeness (QED) is 0.754. The monoisotopic (exact) mass is 455 g/mol. The SMILES string of the molecule is N#Cc1c(NC(=O)[C@H]2CCCN2S(=O)(=O)c2ccc(Cl)s2)sc2c1CCCC2. The van der Waals surface area contributed by atoms with E-state index >= 15 is 0 Å². The van der Waals surface area contributed by atoms with Gasteiger partial charge in [0, 0.05) is 11.4 Å². The number of fused-ring (bicyclic) bond motifs is 1. The first-order valence-electron chi connectivity index (χ1n) is 9.04. The molecule has 2 aromatic rings. The Labute approximate surface area is 176 Å².